The van der Waals surface area contributed by atoms with Crippen LogP contribution >= 0.6 is 11.6 Å². The second kappa shape index (κ2) is 6.36. The Labute approximate surface area is 131 Å². The molecule has 0 spiro atoms. The molecule has 0 saturated heterocycles. The maximum Gasteiger partial charge on any atom is 0.253 e. The maximum absolute atomic E-state index is 12.0. The number of nitrogens with one attached hydrogen (secondary N) is 1. The first-order chi connectivity index (χ1) is 10.7. The molecule has 22 heavy (non-hydrogen) atoms. The van der Waals surface area contributed by atoms with E-state index in [1.807, 2.05) is 6.07 Å². The van der Waals surface area contributed by atoms with Gasteiger partial charge in [0.15, 0.2) is 0 Å². The van der Waals surface area contributed by atoms with Crippen molar-refractivity contribution in [3.8, 4) is 11.5 Å². The number of nitrogens with zero attached hydrogens (tertiary/aromatic N) is 3. The van der Waals surface area contributed by atoms with Crippen LogP contribution in [0.1, 0.15) is 16.2 Å². The fourth-order valence-corrected chi connectivity index (χ4v) is 2.05. The second-order valence-corrected chi connectivity index (χ2v) is 4.81. The molecular formula is C15H11ClN4O2. The number of hydrogen-bond acceptors (Lipinski definition) is 5. The number of aromatic nitrogens is 3. The van der Waals surface area contributed by atoms with Crippen molar-refractivity contribution in [3.63, 3.8) is 0 Å². The van der Waals surface area contributed by atoms with E-state index in [-0.39, 0.29) is 12.5 Å². The molecule has 7 heteroatoms. The molecule has 0 atom stereocenters. The number of amides is 1. The van der Waals surface area contributed by atoms with Gasteiger partial charge in [0.2, 0.25) is 11.8 Å². The largest absolute Gasteiger partial charge is 0.419 e. The van der Waals surface area contributed by atoms with Gasteiger partial charge in [-0.2, -0.15) is 0 Å². The Morgan fingerprint density at radius 3 is 2.82 bits per heavy atom. The van der Waals surface area contributed by atoms with Crippen molar-refractivity contribution in [2.75, 3.05) is 0 Å². The van der Waals surface area contributed by atoms with E-state index in [1.54, 1.807) is 42.7 Å². The highest BCUT2D eigenvalue weighted by molar-refractivity contribution is 6.33. The summed E-state index contributed by atoms with van der Waals surface area (Å²) in [6.45, 7) is 0.122. The standard InChI is InChI=1S/C15H11ClN4O2/c16-12-6-2-1-5-11(12)14(21)18-9-13-19-20-15(22-13)10-4-3-7-17-8-10/h1-8H,9H2,(H,18,21). The van der Waals surface area contributed by atoms with Crippen molar-refractivity contribution in [1.29, 1.82) is 0 Å². The van der Waals surface area contributed by atoms with Gasteiger partial charge < -0.3 is 9.73 Å². The third-order valence-electron chi connectivity index (χ3n) is 2.89. The summed E-state index contributed by atoms with van der Waals surface area (Å²) in [5.41, 5.74) is 1.12. The minimum atomic E-state index is -0.299. The van der Waals surface area contributed by atoms with Crippen molar-refractivity contribution >= 4 is 17.5 Å². The van der Waals surface area contributed by atoms with Gasteiger partial charge in [-0.3, -0.25) is 9.78 Å². The van der Waals surface area contributed by atoms with Crippen molar-refractivity contribution in [3.05, 3.63) is 65.3 Å². The van der Waals surface area contributed by atoms with Gasteiger partial charge in [0.05, 0.1) is 22.7 Å². The molecule has 0 unspecified atom stereocenters. The molecule has 2 aromatic heterocycles. The summed E-state index contributed by atoms with van der Waals surface area (Å²) in [6.07, 6.45) is 3.28. The summed E-state index contributed by atoms with van der Waals surface area (Å²) in [6, 6.07) is 10.4. The first kappa shape index (κ1) is 14.2. The van der Waals surface area contributed by atoms with Crippen LogP contribution < -0.4 is 5.32 Å². The summed E-state index contributed by atoms with van der Waals surface area (Å²) in [4.78, 5) is 16.0. The molecule has 6 nitrogen and oxygen atoms in total. The minimum absolute atomic E-state index is 0.122. The fourth-order valence-electron chi connectivity index (χ4n) is 1.83. The van der Waals surface area contributed by atoms with Crippen LogP contribution in [0, 0.1) is 0 Å². The molecule has 0 aliphatic heterocycles. The molecule has 1 amide bonds. The van der Waals surface area contributed by atoms with Gasteiger partial charge in [-0.25, -0.2) is 0 Å². The van der Waals surface area contributed by atoms with Gasteiger partial charge >= 0.3 is 0 Å². The average Bonchev–Trinajstić information content (AvgIpc) is 3.03. The van der Waals surface area contributed by atoms with E-state index in [9.17, 15) is 4.79 Å². The molecule has 2 heterocycles. The molecule has 3 rings (SSSR count). The number of carbonyl (C=O) groups excluding carboxylic acids is 1. The van der Waals surface area contributed by atoms with E-state index in [0.29, 0.717) is 22.4 Å². The Balaban J connectivity index is 1.67. The van der Waals surface area contributed by atoms with E-state index in [1.165, 1.54) is 0 Å². The van der Waals surface area contributed by atoms with Gasteiger partial charge in [-0.1, -0.05) is 23.7 Å². The normalized spacial score (nSPS) is 10.4. The molecule has 3 aromatic rings. The first-order valence-electron chi connectivity index (χ1n) is 6.49. The predicted octanol–water partition coefficient (Wildman–Crippen LogP) is 2.72. The molecule has 0 aliphatic rings. The smallest absolute Gasteiger partial charge is 0.253 e. The van der Waals surface area contributed by atoms with Crippen LogP contribution in [0.2, 0.25) is 5.02 Å². The average molecular weight is 315 g/mol. The summed E-state index contributed by atoms with van der Waals surface area (Å²) in [5.74, 6) is 0.362. The van der Waals surface area contributed by atoms with Crippen molar-refractivity contribution < 1.29 is 9.21 Å². The van der Waals surface area contributed by atoms with E-state index in [4.69, 9.17) is 16.0 Å². The zero-order valence-corrected chi connectivity index (χ0v) is 12.1. The molecular weight excluding hydrogens is 304 g/mol. The molecule has 0 radical (unpaired) electrons. The number of hydrogen-bond donors (Lipinski definition) is 1. The predicted molar refractivity (Wildman–Crippen MR) is 80.2 cm³/mol. The molecule has 0 aliphatic carbocycles. The lowest BCUT2D eigenvalue weighted by atomic mass is 10.2. The van der Waals surface area contributed by atoms with Crippen molar-refractivity contribution in [1.82, 2.24) is 20.5 Å². The molecule has 1 aromatic carbocycles. The Hall–Kier alpha value is -2.73. The van der Waals surface area contributed by atoms with Gasteiger partial charge in [0, 0.05) is 12.4 Å². The SMILES string of the molecule is O=C(NCc1nnc(-c2cccnc2)o1)c1ccccc1Cl. The van der Waals surface area contributed by atoms with Crippen LogP contribution in [0.15, 0.2) is 53.2 Å². The lowest BCUT2D eigenvalue weighted by molar-refractivity contribution is 0.0947. The van der Waals surface area contributed by atoms with Crippen molar-refractivity contribution in [2.45, 2.75) is 6.54 Å². The molecule has 110 valence electrons. The van der Waals surface area contributed by atoms with Gasteiger partial charge in [-0.15, -0.1) is 10.2 Å². The van der Waals surface area contributed by atoms with Gasteiger partial charge in [-0.05, 0) is 24.3 Å². The van der Waals surface area contributed by atoms with Crippen LogP contribution in [-0.4, -0.2) is 21.1 Å². The zero-order valence-electron chi connectivity index (χ0n) is 11.4. The van der Waals surface area contributed by atoms with E-state index in [0.717, 1.165) is 5.56 Å². The highest BCUT2D eigenvalue weighted by Gasteiger charge is 2.12. The summed E-state index contributed by atoms with van der Waals surface area (Å²) >= 11 is 5.97. The monoisotopic (exact) mass is 314 g/mol. The number of carbonyl (C=O) groups is 1. The number of pyridine rings is 1. The first-order valence-corrected chi connectivity index (χ1v) is 6.87. The lowest BCUT2D eigenvalue weighted by Gasteiger charge is -2.03. The maximum atomic E-state index is 12.0. The number of halogens is 1. The molecule has 0 bridgehead atoms. The summed E-state index contributed by atoms with van der Waals surface area (Å²) in [7, 11) is 0. The zero-order chi connectivity index (χ0) is 15.4. The molecule has 1 N–H and O–H groups in total. The van der Waals surface area contributed by atoms with Gasteiger partial charge in [0.25, 0.3) is 5.91 Å². The second-order valence-electron chi connectivity index (χ2n) is 4.41. The third-order valence-corrected chi connectivity index (χ3v) is 3.22. The highest BCUT2D eigenvalue weighted by Crippen LogP contribution is 2.17. The van der Waals surface area contributed by atoms with E-state index in [2.05, 4.69) is 20.5 Å². The van der Waals surface area contributed by atoms with Crippen molar-refractivity contribution in [2.24, 2.45) is 0 Å². The highest BCUT2D eigenvalue weighted by atomic mass is 35.5. The Kier molecular flexibility index (Phi) is 4.11. The van der Waals surface area contributed by atoms with E-state index < -0.39 is 0 Å². The van der Waals surface area contributed by atoms with Crippen LogP contribution in [0.3, 0.4) is 0 Å². The topological polar surface area (TPSA) is 80.9 Å². The van der Waals surface area contributed by atoms with Gasteiger partial charge in [0.1, 0.15) is 0 Å². The quantitative estimate of drug-likeness (QED) is 0.800. The molecule has 0 saturated carbocycles. The summed E-state index contributed by atoms with van der Waals surface area (Å²) in [5, 5.41) is 10.9. The summed E-state index contributed by atoms with van der Waals surface area (Å²) < 4.78 is 5.48. The minimum Gasteiger partial charge on any atom is -0.419 e. The lowest BCUT2D eigenvalue weighted by Crippen LogP contribution is -2.23. The Bertz CT molecular complexity index is 789. The van der Waals surface area contributed by atoms with Crippen LogP contribution in [0.4, 0.5) is 0 Å². The van der Waals surface area contributed by atoms with E-state index >= 15 is 0 Å². The van der Waals surface area contributed by atoms with Crippen LogP contribution in [-0.2, 0) is 6.54 Å². The number of benzene rings is 1. The Morgan fingerprint density at radius 2 is 2.05 bits per heavy atom. The fraction of sp³-hybridized carbons (Fsp3) is 0.0667. The van der Waals surface area contributed by atoms with Crippen LogP contribution in [0.5, 0.6) is 0 Å². The number of rotatable bonds is 4. The Morgan fingerprint density at radius 1 is 1.18 bits per heavy atom. The third kappa shape index (κ3) is 3.12. The molecule has 0 fully saturated rings. The van der Waals surface area contributed by atoms with Crippen LogP contribution in [0.25, 0.3) is 11.5 Å².